The minimum atomic E-state index is 0.772. The van der Waals surface area contributed by atoms with Gasteiger partial charge in [0.25, 0.3) is 0 Å². The van der Waals surface area contributed by atoms with E-state index in [2.05, 4.69) is 21.0 Å². The minimum absolute atomic E-state index is 0.772. The van der Waals surface area contributed by atoms with Crippen LogP contribution in [0.4, 0.5) is 0 Å². The summed E-state index contributed by atoms with van der Waals surface area (Å²) in [5, 5.41) is 5.82. The summed E-state index contributed by atoms with van der Waals surface area (Å²) in [6.07, 6.45) is 3.77. The quantitative estimate of drug-likeness (QED) is 0.738. The molecule has 2 nitrogen and oxygen atoms in total. The highest BCUT2D eigenvalue weighted by molar-refractivity contribution is 9.09. The highest BCUT2D eigenvalue weighted by Crippen LogP contribution is 2.15. The Bertz CT molecular complexity index is 215. The Labute approximate surface area is 79.7 Å². The normalized spacial score (nSPS) is 10.5. The summed E-state index contributed by atoms with van der Waals surface area (Å²) in [7, 11) is 1.91. The van der Waals surface area contributed by atoms with Gasteiger partial charge in [0.05, 0.1) is 16.9 Å². The van der Waals surface area contributed by atoms with Gasteiger partial charge in [0.2, 0.25) is 0 Å². The second-order valence-corrected chi connectivity index (χ2v) is 3.56. The van der Waals surface area contributed by atoms with Crippen molar-refractivity contribution in [1.29, 1.82) is 0 Å². The van der Waals surface area contributed by atoms with E-state index in [9.17, 15) is 0 Å². The fourth-order valence-electron chi connectivity index (χ4n) is 0.952. The molecule has 0 atom stereocenters. The second-order valence-electron chi connectivity index (χ2n) is 2.36. The molecular formula is C7H10BrClN2. The van der Waals surface area contributed by atoms with Crippen molar-refractivity contribution in [3.63, 3.8) is 0 Å². The maximum Gasteiger partial charge on any atom is 0.0817 e. The van der Waals surface area contributed by atoms with E-state index < -0.39 is 0 Å². The molecule has 0 radical (unpaired) electrons. The standard InChI is InChI=1S/C7H10BrClN2/c1-11-7(3-2-4-8)6(9)5-10-11/h5H,2-4H2,1H3. The van der Waals surface area contributed by atoms with Gasteiger partial charge < -0.3 is 0 Å². The minimum Gasteiger partial charge on any atom is -0.271 e. The number of nitrogens with zero attached hydrogens (tertiary/aromatic N) is 2. The molecule has 0 bridgehead atoms. The van der Waals surface area contributed by atoms with Crippen LogP contribution in [0, 0.1) is 0 Å². The highest BCUT2D eigenvalue weighted by Gasteiger charge is 2.04. The molecule has 0 aliphatic carbocycles. The molecule has 0 aliphatic rings. The smallest absolute Gasteiger partial charge is 0.0817 e. The van der Waals surface area contributed by atoms with Crippen LogP contribution in [0.1, 0.15) is 12.1 Å². The SMILES string of the molecule is Cn1ncc(Cl)c1CCCBr. The van der Waals surface area contributed by atoms with Crippen molar-refractivity contribution in [3.05, 3.63) is 16.9 Å². The molecule has 0 aromatic carbocycles. The number of alkyl halides is 1. The first kappa shape index (κ1) is 9.07. The lowest BCUT2D eigenvalue weighted by atomic mass is 10.2. The van der Waals surface area contributed by atoms with E-state index in [1.54, 1.807) is 6.20 Å². The van der Waals surface area contributed by atoms with Gasteiger partial charge in [-0.15, -0.1) is 0 Å². The van der Waals surface area contributed by atoms with Crippen molar-refractivity contribution >= 4 is 27.5 Å². The first-order chi connectivity index (χ1) is 5.25. The fraction of sp³-hybridized carbons (Fsp3) is 0.571. The van der Waals surface area contributed by atoms with E-state index in [1.165, 1.54) is 0 Å². The molecule has 0 saturated carbocycles. The van der Waals surface area contributed by atoms with Crippen LogP contribution in [0.25, 0.3) is 0 Å². The van der Waals surface area contributed by atoms with Gasteiger partial charge in [0.1, 0.15) is 0 Å². The van der Waals surface area contributed by atoms with E-state index in [1.807, 2.05) is 11.7 Å². The lowest BCUT2D eigenvalue weighted by Crippen LogP contribution is -1.98. The van der Waals surface area contributed by atoms with Crippen molar-refractivity contribution in [2.45, 2.75) is 12.8 Å². The summed E-state index contributed by atoms with van der Waals surface area (Å²) in [5.74, 6) is 0. The fourth-order valence-corrected chi connectivity index (χ4v) is 1.49. The molecule has 11 heavy (non-hydrogen) atoms. The van der Waals surface area contributed by atoms with Crippen LogP contribution in [-0.2, 0) is 13.5 Å². The Hall–Kier alpha value is -0.0200. The third-order valence-corrected chi connectivity index (χ3v) is 2.43. The summed E-state index contributed by atoms with van der Waals surface area (Å²) in [4.78, 5) is 0. The van der Waals surface area contributed by atoms with Crippen molar-refractivity contribution in [3.8, 4) is 0 Å². The zero-order valence-corrected chi connectivity index (χ0v) is 8.69. The predicted molar refractivity (Wildman–Crippen MR) is 50.3 cm³/mol. The maximum atomic E-state index is 5.88. The third kappa shape index (κ3) is 2.20. The van der Waals surface area contributed by atoms with Crippen molar-refractivity contribution in [2.24, 2.45) is 7.05 Å². The van der Waals surface area contributed by atoms with Gasteiger partial charge in [-0.1, -0.05) is 27.5 Å². The summed E-state index contributed by atoms with van der Waals surface area (Å²) in [6.45, 7) is 0. The molecule has 0 spiro atoms. The molecule has 1 rings (SSSR count). The Kier molecular flexibility index (Phi) is 3.40. The molecule has 0 amide bonds. The van der Waals surface area contributed by atoms with Gasteiger partial charge in [0.15, 0.2) is 0 Å². The Morgan fingerprint density at radius 3 is 2.91 bits per heavy atom. The molecule has 0 saturated heterocycles. The van der Waals surface area contributed by atoms with E-state index in [0.717, 1.165) is 28.9 Å². The predicted octanol–water partition coefficient (Wildman–Crippen LogP) is 2.40. The average Bonchev–Trinajstić information content (AvgIpc) is 2.29. The molecule has 62 valence electrons. The number of hydrogen-bond donors (Lipinski definition) is 0. The average molecular weight is 238 g/mol. The van der Waals surface area contributed by atoms with Gasteiger partial charge in [0, 0.05) is 12.4 Å². The lowest BCUT2D eigenvalue weighted by Gasteiger charge is -1.99. The first-order valence-electron chi connectivity index (χ1n) is 3.48. The zero-order chi connectivity index (χ0) is 8.27. The van der Waals surface area contributed by atoms with Crippen LogP contribution < -0.4 is 0 Å². The summed E-state index contributed by atoms with van der Waals surface area (Å²) in [6, 6.07) is 0. The Morgan fingerprint density at radius 2 is 2.45 bits per heavy atom. The zero-order valence-electron chi connectivity index (χ0n) is 6.35. The molecule has 0 N–H and O–H groups in total. The molecule has 0 aliphatic heterocycles. The summed E-state index contributed by atoms with van der Waals surface area (Å²) < 4.78 is 1.82. The molecular weight excluding hydrogens is 227 g/mol. The molecule has 4 heteroatoms. The van der Waals surface area contributed by atoms with Crippen LogP contribution in [-0.4, -0.2) is 15.1 Å². The summed E-state index contributed by atoms with van der Waals surface area (Å²) in [5.41, 5.74) is 1.12. The monoisotopic (exact) mass is 236 g/mol. The lowest BCUT2D eigenvalue weighted by molar-refractivity contribution is 0.700. The molecule has 1 aromatic heterocycles. The van der Waals surface area contributed by atoms with Crippen molar-refractivity contribution in [2.75, 3.05) is 5.33 Å². The number of rotatable bonds is 3. The molecule has 0 fully saturated rings. The number of hydrogen-bond acceptors (Lipinski definition) is 1. The van der Waals surface area contributed by atoms with Gasteiger partial charge in [-0.25, -0.2) is 0 Å². The highest BCUT2D eigenvalue weighted by atomic mass is 79.9. The van der Waals surface area contributed by atoms with Crippen LogP contribution in [0.2, 0.25) is 5.02 Å². The van der Waals surface area contributed by atoms with Crippen LogP contribution >= 0.6 is 27.5 Å². The van der Waals surface area contributed by atoms with Gasteiger partial charge in [-0.3, -0.25) is 4.68 Å². The van der Waals surface area contributed by atoms with Crippen molar-refractivity contribution < 1.29 is 0 Å². The summed E-state index contributed by atoms with van der Waals surface area (Å²) >= 11 is 9.25. The number of aryl methyl sites for hydroxylation is 1. The van der Waals surface area contributed by atoms with Gasteiger partial charge in [-0.05, 0) is 12.8 Å². The third-order valence-electron chi connectivity index (χ3n) is 1.56. The molecule has 1 aromatic rings. The topological polar surface area (TPSA) is 17.8 Å². The Balaban J connectivity index is 2.67. The second kappa shape index (κ2) is 4.12. The van der Waals surface area contributed by atoms with E-state index in [-0.39, 0.29) is 0 Å². The molecule has 0 unspecified atom stereocenters. The van der Waals surface area contributed by atoms with Gasteiger partial charge in [-0.2, -0.15) is 5.10 Å². The van der Waals surface area contributed by atoms with Gasteiger partial charge >= 0.3 is 0 Å². The largest absolute Gasteiger partial charge is 0.271 e. The van der Waals surface area contributed by atoms with Crippen molar-refractivity contribution in [1.82, 2.24) is 9.78 Å². The first-order valence-corrected chi connectivity index (χ1v) is 4.98. The van der Waals surface area contributed by atoms with E-state index in [4.69, 9.17) is 11.6 Å². The van der Waals surface area contributed by atoms with Crippen LogP contribution in [0.5, 0.6) is 0 Å². The number of aromatic nitrogens is 2. The Morgan fingerprint density at radius 1 is 1.73 bits per heavy atom. The molecule has 1 heterocycles. The van der Waals surface area contributed by atoms with E-state index in [0.29, 0.717) is 0 Å². The maximum absolute atomic E-state index is 5.88. The van der Waals surface area contributed by atoms with E-state index >= 15 is 0 Å². The van der Waals surface area contributed by atoms with Crippen LogP contribution in [0.15, 0.2) is 6.20 Å². The number of halogens is 2. The van der Waals surface area contributed by atoms with Crippen LogP contribution in [0.3, 0.4) is 0 Å².